The summed E-state index contributed by atoms with van der Waals surface area (Å²) in [6, 6.07) is 7.49. The van der Waals surface area contributed by atoms with E-state index < -0.39 is 0 Å². The molecule has 1 saturated heterocycles. The van der Waals surface area contributed by atoms with E-state index in [1.54, 1.807) is 0 Å². The van der Waals surface area contributed by atoms with Gasteiger partial charge in [0.25, 0.3) is 0 Å². The Hall–Kier alpha value is -0.770. The summed E-state index contributed by atoms with van der Waals surface area (Å²) in [5.41, 5.74) is 0. The van der Waals surface area contributed by atoms with E-state index in [0.717, 1.165) is 23.9 Å². The van der Waals surface area contributed by atoms with Crippen molar-refractivity contribution in [1.82, 2.24) is 10.2 Å². The van der Waals surface area contributed by atoms with E-state index in [1.165, 1.54) is 38.9 Å². The molecule has 0 radical (unpaired) electrons. The summed E-state index contributed by atoms with van der Waals surface area (Å²) >= 11 is 5.81. The number of rotatable bonds is 8. The molecule has 1 fully saturated rings. The van der Waals surface area contributed by atoms with E-state index in [0.29, 0.717) is 6.61 Å². The van der Waals surface area contributed by atoms with Crippen LogP contribution in [-0.2, 0) is 0 Å². The lowest BCUT2D eigenvalue weighted by Crippen LogP contribution is -2.27. The minimum Gasteiger partial charge on any atom is -0.492 e. The van der Waals surface area contributed by atoms with Crippen molar-refractivity contribution in [2.75, 3.05) is 39.3 Å². The Labute approximate surface area is 120 Å². The fourth-order valence-corrected chi connectivity index (χ4v) is 2.46. The zero-order chi connectivity index (χ0) is 13.3. The zero-order valence-corrected chi connectivity index (χ0v) is 12.2. The van der Waals surface area contributed by atoms with Crippen LogP contribution in [0.3, 0.4) is 0 Å². The number of nitrogens with zero attached hydrogens (tertiary/aromatic N) is 1. The molecular formula is C15H23ClN2O. The van der Waals surface area contributed by atoms with E-state index in [-0.39, 0.29) is 0 Å². The first-order valence-electron chi connectivity index (χ1n) is 7.16. The van der Waals surface area contributed by atoms with Gasteiger partial charge >= 0.3 is 0 Å². The Morgan fingerprint density at radius 1 is 1.11 bits per heavy atom. The molecule has 1 aromatic carbocycles. The maximum absolute atomic E-state index is 5.81. The number of likely N-dealkylation sites (tertiary alicyclic amines) is 1. The normalized spacial score (nSPS) is 15.8. The highest BCUT2D eigenvalue weighted by atomic mass is 35.5. The second kappa shape index (κ2) is 8.41. The molecule has 0 unspecified atom stereocenters. The molecular weight excluding hydrogens is 260 g/mol. The highest BCUT2D eigenvalue weighted by Gasteiger charge is 2.09. The van der Waals surface area contributed by atoms with E-state index in [4.69, 9.17) is 16.3 Å². The van der Waals surface area contributed by atoms with Crippen molar-refractivity contribution < 1.29 is 4.74 Å². The van der Waals surface area contributed by atoms with Crippen LogP contribution in [0.5, 0.6) is 5.75 Å². The summed E-state index contributed by atoms with van der Waals surface area (Å²) in [6.45, 7) is 6.47. The highest BCUT2D eigenvalue weighted by Crippen LogP contribution is 2.15. The van der Waals surface area contributed by atoms with Crippen LogP contribution in [-0.4, -0.2) is 44.2 Å². The molecule has 0 aromatic heterocycles. The summed E-state index contributed by atoms with van der Waals surface area (Å²) in [7, 11) is 0. The van der Waals surface area contributed by atoms with Gasteiger partial charge in [0.1, 0.15) is 12.4 Å². The van der Waals surface area contributed by atoms with Gasteiger partial charge in [0.2, 0.25) is 0 Å². The van der Waals surface area contributed by atoms with Gasteiger partial charge in [-0.2, -0.15) is 0 Å². The molecule has 1 aliphatic rings. The molecule has 0 amide bonds. The lowest BCUT2D eigenvalue weighted by atomic mass is 10.3. The van der Waals surface area contributed by atoms with Crippen molar-refractivity contribution in [3.05, 3.63) is 29.3 Å². The topological polar surface area (TPSA) is 24.5 Å². The molecule has 1 heterocycles. The SMILES string of the molecule is Clc1ccc(OCCNCCCN2CCCC2)cc1. The van der Waals surface area contributed by atoms with Crippen molar-refractivity contribution >= 4 is 11.6 Å². The molecule has 106 valence electrons. The van der Waals surface area contributed by atoms with Crippen molar-refractivity contribution in [3.63, 3.8) is 0 Å². The molecule has 1 N–H and O–H groups in total. The van der Waals surface area contributed by atoms with Crippen LogP contribution in [0.15, 0.2) is 24.3 Å². The van der Waals surface area contributed by atoms with Gasteiger partial charge in [-0.1, -0.05) is 11.6 Å². The highest BCUT2D eigenvalue weighted by molar-refractivity contribution is 6.30. The van der Waals surface area contributed by atoms with Gasteiger partial charge in [-0.05, 0) is 69.7 Å². The number of ether oxygens (including phenoxy) is 1. The van der Waals surface area contributed by atoms with Crippen LogP contribution >= 0.6 is 11.6 Å². The van der Waals surface area contributed by atoms with Gasteiger partial charge in [0, 0.05) is 11.6 Å². The first-order valence-corrected chi connectivity index (χ1v) is 7.54. The fraction of sp³-hybridized carbons (Fsp3) is 0.600. The van der Waals surface area contributed by atoms with Gasteiger partial charge < -0.3 is 15.0 Å². The maximum Gasteiger partial charge on any atom is 0.119 e. The minimum absolute atomic E-state index is 0.700. The van der Waals surface area contributed by atoms with Crippen LogP contribution < -0.4 is 10.1 Å². The van der Waals surface area contributed by atoms with Crippen LogP contribution in [0.25, 0.3) is 0 Å². The Morgan fingerprint density at radius 2 is 1.84 bits per heavy atom. The van der Waals surface area contributed by atoms with Gasteiger partial charge in [-0.3, -0.25) is 0 Å². The lowest BCUT2D eigenvalue weighted by molar-refractivity contribution is 0.305. The number of hydrogen-bond acceptors (Lipinski definition) is 3. The third-order valence-corrected chi connectivity index (χ3v) is 3.64. The van der Waals surface area contributed by atoms with Crippen molar-refractivity contribution in [3.8, 4) is 5.75 Å². The van der Waals surface area contributed by atoms with Crippen LogP contribution in [0.2, 0.25) is 5.02 Å². The Bertz CT molecular complexity index is 350. The second-order valence-electron chi connectivity index (χ2n) is 4.95. The molecule has 4 heteroatoms. The second-order valence-corrected chi connectivity index (χ2v) is 5.39. The van der Waals surface area contributed by atoms with Crippen LogP contribution in [0.4, 0.5) is 0 Å². The summed E-state index contributed by atoms with van der Waals surface area (Å²) in [5.74, 6) is 0.878. The van der Waals surface area contributed by atoms with Crippen molar-refractivity contribution in [2.45, 2.75) is 19.3 Å². The predicted octanol–water partition coefficient (Wildman–Crippen LogP) is 2.79. The summed E-state index contributed by atoms with van der Waals surface area (Å²) in [4.78, 5) is 2.55. The maximum atomic E-state index is 5.81. The molecule has 2 rings (SSSR count). The molecule has 0 spiro atoms. The molecule has 0 saturated carbocycles. The van der Waals surface area contributed by atoms with E-state index in [2.05, 4.69) is 10.2 Å². The molecule has 1 aromatic rings. The molecule has 0 aliphatic carbocycles. The lowest BCUT2D eigenvalue weighted by Gasteiger charge is -2.14. The standard InChI is InChI=1S/C15H23ClN2O/c16-14-4-6-15(7-5-14)19-13-9-17-8-3-12-18-10-1-2-11-18/h4-7,17H,1-3,8-13H2. The molecule has 3 nitrogen and oxygen atoms in total. The Morgan fingerprint density at radius 3 is 2.58 bits per heavy atom. The summed E-state index contributed by atoms with van der Waals surface area (Å²) < 4.78 is 5.61. The number of halogens is 1. The van der Waals surface area contributed by atoms with E-state index >= 15 is 0 Å². The van der Waals surface area contributed by atoms with Crippen LogP contribution in [0, 0.1) is 0 Å². The average Bonchev–Trinajstić information content (AvgIpc) is 2.93. The minimum atomic E-state index is 0.700. The van der Waals surface area contributed by atoms with E-state index in [9.17, 15) is 0 Å². The Kier molecular flexibility index (Phi) is 6.48. The largest absolute Gasteiger partial charge is 0.492 e. The quantitative estimate of drug-likeness (QED) is 0.742. The van der Waals surface area contributed by atoms with Gasteiger partial charge in [0.15, 0.2) is 0 Å². The van der Waals surface area contributed by atoms with Gasteiger partial charge in [-0.15, -0.1) is 0 Å². The molecule has 0 bridgehead atoms. The predicted molar refractivity (Wildman–Crippen MR) is 80.1 cm³/mol. The van der Waals surface area contributed by atoms with E-state index in [1.807, 2.05) is 24.3 Å². The summed E-state index contributed by atoms with van der Waals surface area (Å²) in [6.07, 6.45) is 3.98. The van der Waals surface area contributed by atoms with Crippen molar-refractivity contribution in [1.29, 1.82) is 0 Å². The monoisotopic (exact) mass is 282 g/mol. The number of benzene rings is 1. The molecule has 0 atom stereocenters. The van der Waals surface area contributed by atoms with Crippen molar-refractivity contribution in [2.24, 2.45) is 0 Å². The number of hydrogen-bond donors (Lipinski definition) is 1. The Balaban J connectivity index is 1.44. The first-order chi connectivity index (χ1) is 9.34. The molecule has 19 heavy (non-hydrogen) atoms. The third-order valence-electron chi connectivity index (χ3n) is 3.39. The average molecular weight is 283 g/mol. The number of nitrogens with one attached hydrogen (secondary N) is 1. The third kappa shape index (κ3) is 5.81. The van der Waals surface area contributed by atoms with Crippen LogP contribution in [0.1, 0.15) is 19.3 Å². The summed E-state index contributed by atoms with van der Waals surface area (Å²) in [5, 5.41) is 4.16. The zero-order valence-electron chi connectivity index (χ0n) is 11.4. The van der Waals surface area contributed by atoms with Gasteiger partial charge in [0.05, 0.1) is 0 Å². The van der Waals surface area contributed by atoms with Gasteiger partial charge in [-0.25, -0.2) is 0 Å². The first kappa shape index (κ1) is 14.6. The smallest absolute Gasteiger partial charge is 0.119 e. The fourth-order valence-electron chi connectivity index (χ4n) is 2.33. The molecule has 1 aliphatic heterocycles.